The summed E-state index contributed by atoms with van der Waals surface area (Å²) in [4.78, 5) is 11.7. The molecule has 0 saturated carbocycles. The monoisotopic (exact) mass is 376 g/mol. The number of nitrogens with one attached hydrogen (secondary N) is 1. The van der Waals surface area contributed by atoms with Gasteiger partial charge in [-0.15, -0.1) is 12.4 Å². The average molecular weight is 377 g/mol. The van der Waals surface area contributed by atoms with Gasteiger partial charge in [0, 0.05) is 24.4 Å². The van der Waals surface area contributed by atoms with Crippen LogP contribution in [-0.2, 0) is 0 Å². The number of ether oxygens (including phenoxy) is 2. The van der Waals surface area contributed by atoms with Crippen molar-refractivity contribution in [3.63, 3.8) is 0 Å². The molecule has 1 fully saturated rings. The topological polar surface area (TPSA) is 91.4 Å². The van der Waals surface area contributed by atoms with Crippen LogP contribution < -0.4 is 20.5 Å². The highest BCUT2D eigenvalue weighted by atomic mass is 35.5. The normalized spacial score (nSPS) is 15.5. The van der Waals surface area contributed by atoms with Crippen molar-refractivity contribution in [1.29, 1.82) is 0 Å². The number of rotatable bonds is 4. The molecule has 1 saturated heterocycles. The number of methoxy groups -OCH3 is 2. The Morgan fingerprint density at radius 2 is 1.96 bits per heavy atom. The molecule has 1 aliphatic rings. The maximum absolute atomic E-state index is 11.7. The van der Waals surface area contributed by atoms with E-state index < -0.39 is 5.91 Å². The van der Waals surface area contributed by atoms with Gasteiger partial charge in [0.25, 0.3) is 5.91 Å². The van der Waals surface area contributed by atoms with Crippen molar-refractivity contribution in [3.05, 3.63) is 41.2 Å². The van der Waals surface area contributed by atoms with Crippen LogP contribution in [-0.4, -0.2) is 43.0 Å². The Morgan fingerprint density at radius 3 is 2.50 bits per heavy atom. The Morgan fingerprint density at radius 1 is 1.27 bits per heavy atom. The Labute approximate surface area is 158 Å². The van der Waals surface area contributed by atoms with Crippen LogP contribution in [0, 0.1) is 11.8 Å². The first kappa shape index (κ1) is 19.6. The third-order valence-electron chi connectivity index (χ3n) is 4.08. The number of primary amides is 1. The van der Waals surface area contributed by atoms with Crippen LogP contribution in [0.25, 0.3) is 0 Å². The molecule has 26 heavy (non-hydrogen) atoms. The molecular formula is C18H21ClN4O3. The molecular weight excluding hydrogens is 356 g/mol. The summed E-state index contributed by atoms with van der Waals surface area (Å²) in [5.41, 5.74) is 6.87. The number of amides is 1. The van der Waals surface area contributed by atoms with Crippen LogP contribution >= 0.6 is 12.4 Å². The second-order valence-electron chi connectivity index (χ2n) is 5.73. The zero-order chi connectivity index (χ0) is 17.8. The minimum Gasteiger partial charge on any atom is -0.497 e. The maximum atomic E-state index is 11.7. The van der Waals surface area contributed by atoms with Gasteiger partial charge < -0.3 is 20.5 Å². The number of aromatic nitrogens is 2. The lowest BCUT2D eigenvalue weighted by Crippen LogP contribution is -2.14. The van der Waals surface area contributed by atoms with Crippen LogP contribution in [0.2, 0.25) is 0 Å². The third-order valence-corrected chi connectivity index (χ3v) is 4.08. The first-order valence-corrected chi connectivity index (χ1v) is 7.95. The molecule has 2 heterocycles. The van der Waals surface area contributed by atoms with E-state index in [9.17, 15) is 4.79 Å². The lowest BCUT2D eigenvalue weighted by Gasteiger charge is -2.07. The quantitative estimate of drug-likeness (QED) is 0.786. The summed E-state index contributed by atoms with van der Waals surface area (Å²) in [6.45, 7) is 1.75. The molecule has 1 aliphatic heterocycles. The summed E-state index contributed by atoms with van der Waals surface area (Å²) < 4.78 is 12.2. The first-order valence-electron chi connectivity index (χ1n) is 7.95. The van der Waals surface area contributed by atoms with Gasteiger partial charge in [-0.1, -0.05) is 5.92 Å². The SMILES string of the molecule is COc1cc(C#Cc2nn(C3CCNC3)cc2C(N)=O)cc(OC)c1.Cl. The smallest absolute Gasteiger partial charge is 0.253 e. The third kappa shape index (κ3) is 4.28. The Kier molecular flexibility index (Phi) is 6.50. The van der Waals surface area contributed by atoms with E-state index in [0.717, 1.165) is 19.5 Å². The second-order valence-corrected chi connectivity index (χ2v) is 5.73. The van der Waals surface area contributed by atoms with Crippen molar-refractivity contribution in [2.24, 2.45) is 5.73 Å². The molecule has 2 aromatic rings. The zero-order valence-electron chi connectivity index (χ0n) is 14.6. The molecule has 8 heteroatoms. The van der Waals surface area contributed by atoms with Crippen molar-refractivity contribution >= 4 is 18.3 Å². The van der Waals surface area contributed by atoms with Crippen molar-refractivity contribution in [1.82, 2.24) is 15.1 Å². The number of nitrogens with two attached hydrogens (primary N) is 1. The number of benzene rings is 1. The van der Waals surface area contributed by atoms with Crippen molar-refractivity contribution in [2.75, 3.05) is 27.3 Å². The minimum absolute atomic E-state index is 0. The highest BCUT2D eigenvalue weighted by Gasteiger charge is 2.20. The highest BCUT2D eigenvalue weighted by molar-refractivity contribution is 5.94. The molecule has 3 N–H and O–H groups in total. The molecule has 7 nitrogen and oxygen atoms in total. The molecule has 1 atom stereocenters. The molecule has 3 rings (SSSR count). The molecule has 1 amide bonds. The fourth-order valence-corrected chi connectivity index (χ4v) is 2.73. The van der Waals surface area contributed by atoms with Gasteiger partial charge in [-0.2, -0.15) is 5.10 Å². The second kappa shape index (κ2) is 8.61. The van der Waals surface area contributed by atoms with E-state index in [1.807, 2.05) is 0 Å². The Hall–Kier alpha value is -2.69. The van der Waals surface area contributed by atoms with Gasteiger partial charge in [0.05, 0.1) is 25.8 Å². The maximum Gasteiger partial charge on any atom is 0.253 e. The van der Waals surface area contributed by atoms with Gasteiger partial charge in [0.1, 0.15) is 17.2 Å². The van der Waals surface area contributed by atoms with Gasteiger partial charge >= 0.3 is 0 Å². The van der Waals surface area contributed by atoms with E-state index in [-0.39, 0.29) is 18.4 Å². The predicted molar refractivity (Wildman–Crippen MR) is 100 cm³/mol. The number of halogens is 1. The Balaban J connectivity index is 0.00000243. The highest BCUT2D eigenvalue weighted by Crippen LogP contribution is 2.22. The largest absolute Gasteiger partial charge is 0.497 e. The summed E-state index contributed by atoms with van der Waals surface area (Å²) in [5.74, 6) is 6.69. The zero-order valence-corrected chi connectivity index (χ0v) is 15.4. The lowest BCUT2D eigenvalue weighted by atomic mass is 10.2. The van der Waals surface area contributed by atoms with Gasteiger partial charge in [-0.3, -0.25) is 9.48 Å². The van der Waals surface area contributed by atoms with E-state index in [4.69, 9.17) is 15.2 Å². The average Bonchev–Trinajstić information content (AvgIpc) is 3.28. The molecule has 1 unspecified atom stereocenters. The predicted octanol–water partition coefficient (Wildman–Crippen LogP) is 1.36. The standard InChI is InChI=1S/C18H20N4O3.ClH/c1-24-14-7-12(8-15(9-14)25-2)3-4-17-16(18(19)23)11-22(21-17)13-5-6-20-10-13;/h7-9,11,13,20H,5-6,10H2,1-2H3,(H2,19,23);1H. The van der Waals surface area contributed by atoms with E-state index in [1.54, 1.807) is 43.3 Å². The van der Waals surface area contributed by atoms with Crippen LogP contribution in [0.5, 0.6) is 11.5 Å². The van der Waals surface area contributed by atoms with Gasteiger partial charge in [0.15, 0.2) is 0 Å². The van der Waals surface area contributed by atoms with Gasteiger partial charge in [-0.25, -0.2) is 0 Å². The molecule has 0 aliphatic carbocycles. The summed E-state index contributed by atoms with van der Waals surface area (Å²) in [5, 5.41) is 7.72. The molecule has 0 radical (unpaired) electrons. The van der Waals surface area contributed by atoms with Crippen LogP contribution in [0.1, 0.15) is 34.1 Å². The lowest BCUT2D eigenvalue weighted by molar-refractivity contribution is 0.1000. The molecule has 0 spiro atoms. The summed E-state index contributed by atoms with van der Waals surface area (Å²) >= 11 is 0. The summed E-state index contributed by atoms with van der Waals surface area (Å²) in [7, 11) is 3.16. The van der Waals surface area contributed by atoms with E-state index in [1.165, 1.54) is 0 Å². The minimum atomic E-state index is -0.537. The van der Waals surface area contributed by atoms with Crippen molar-refractivity contribution < 1.29 is 14.3 Å². The molecule has 138 valence electrons. The molecule has 0 bridgehead atoms. The van der Waals surface area contributed by atoms with E-state index in [0.29, 0.717) is 28.3 Å². The summed E-state index contributed by atoms with van der Waals surface area (Å²) in [6, 6.07) is 5.56. The van der Waals surface area contributed by atoms with E-state index in [2.05, 4.69) is 22.3 Å². The molecule has 1 aromatic heterocycles. The van der Waals surface area contributed by atoms with Gasteiger partial charge in [-0.05, 0) is 31.0 Å². The number of nitrogens with zero attached hydrogens (tertiary/aromatic N) is 2. The fraction of sp³-hybridized carbons (Fsp3) is 0.333. The van der Waals surface area contributed by atoms with Crippen molar-refractivity contribution in [2.45, 2.75) is 12.5 Å². The van der Waals surface area contributed by atoms with Crippen LogP contribution in [0.3, 0.4) is 0 Å². The van der Waals surface area contributed by atoms with Gasteiger partial charge in [0.2, 0.25) is 0 Å². The van der Waals surface area contributed by atoms with Crippen molar-refractivity contribution in [3.8, 4) is 23.3 Å². The number of hydrogen-bond acceptors (Lipinski definition) is 5. The van der Waals surface area contributed by atoms with E-state index >= 15 is 0 Å². The number of hydrogen-bond donors (Lipinski definition) is 2. The van der Waals surface area contributed by atoms with Crippen LogP contribution in [0.4, 0.5) is 0 Å². The van der Waals surface area contributed by atoms with Crippen LogP contribution in [0.15, 0.2) is 24.4 Å². The summed E-state index contributed by atoms with van der Waals surface area (Å²) in [6.07, 6.45) is 2.63. The number of carbonyl (C=O) groups is 1. The fourth-order valence-electron chi connectivity index (χ4n) is 2.73. The Bertz CT molecular complexity index is 826. The number of carbonyl (C=O) groups excluding carboxylic acids is 1. The molecule has 1 aromatic carbocycles. The first-order chi connectivity index (χ1) is 12.1.